The summed E-state index contributed by atoms with van der Waals surface area (Å²) in [6, 6.07) is 6.35. The third-order valence-corrected chi connectivity index (χ3v) is 3.60. The van der Waals surface area contributed by atoms with Crippen LogP contribution in [0, 0.1) is 11.2 Å². The number of urea groups is 1. The summed E-state index contributed by atoms with van der Waals surface area (Å²) in [7, 11) is 0. The lowest BCUT2D eigenvalue weighted by Gasteiger charge is -2.24. The molecule has 0 aliphatic carbocycles. The number of aromatic nitrogens is 1. The first-order chi connectivity index (χ1) is 11.9. The number of benzene rings is 1. The summed E-state index contributed by atoms with van der Waals surface area (Å²) >= 11 is 6.10. The van der Waals surface area contributed by atoms with Crippen molar-refractivity contribution in [2.24, 2.45) is 0 Å². The minimum atomic E-state index is -0.512. The van der Waals surface area contributed by atoms with Gasteiger partial charge in [-0.05, 0) is 44.2 Å². The van der Waals surface area contributed by atoms with Crippen LogP contribution in [0.15, 0.2) is 54.4 Å². The van der Waals surface area contributed by atoms with Crippen molar-refractivity contribution >= 4 is 29.2 Å². The molecule has 0 aliphatic heterocycles. The van der Waals surface area contributed by atoms with Gasteiger partial charge in [0.25, 0.3) is 0 Å². The smallest absolute Gasteiger partial charge is 0.327 e. The third-order valence-electron chi connectivity index (χ3n) is 3.30. The summed E-state index contributed by atoms with van der Waals surface area (Å²) in [5.74, 6) is -0.559. The van der Waals surface area contributed by atoms with Crippen LogP contribution in [0.5, 0.6) is 0 Å². The van der Waals surface area contributed by atoms with Crippen LogP contribution in [0.2, 0.25) is 5.02 Å². The van der Waals surface area contributed by atoms with E-state index < -0.39 is 11.8 Å². The van der Waals surface area contributed by atoms with Crippen molar-refractivity contribution < 1.29 is 9.18 Å². The zero-order valence-electron chi connectivity index (χ0n) is 13.9. The number of hydrogen-bond acceptors (Lipinski definition) is 3. The number of hydrogen-bond donors (Lipinski definition) is 2. The number of allylic oxidation sites excluding steroid dienone is 1. The van der Waals surface area contributed by atoms with E-state index in [1.807, 2.05) is 19.9 Å². The molecule has 2 N–H and O–H groups in total. The lowest BCUT2D eigenvalue weighted by molar-refractivity contribution is 0.250. The molecule has 2 rings (SSSR count). The number of carbonyl (C=O) groups excluding carboxylic acids is 1. The first-order valence-corrected chi connectivity index (χ1v) is 7.93. The Bertz CT molecular complexity index is 801. The fourth-order valence-electron chi connectivity index (χ4n) is 2.05. The van der Waals surface area contributed by atoms with E-state index in [2.05, 4.69) is 10.3 Å². The Balaban J connectivity index is 2.36. The average molecular weight is 361 g/mol. The highest BCUT2D eigenvalue weighted by Crippen LogP contribution is 2.21. The van der Waals surface area contributed by atoms with Crippen molar-refractivity contribution in [1.82, 2.24) is 10.3 Å². The number of pyridine rings is 1. The number of amidine groups is 1. The van der Waals surface area contributed by atoms with Crippen molar-refractivity contribution in [2.75, 3.05) is 11.4 Å². The second-order valence-electron chi connectivity index (χ2n) is 5.48. The molecule has 130 valence electrons. The third kappa shape index (κ3) is 4.87. The van der Waals surface area contributed by atoms with Crippen LogP contribution in [-0.4, -0.2) is 23.4 Å². The van der Waals surface area contributed by atoms with Crippen molar-refractivity contribution in [1.29, 1.82) is 5.41 Å². The molecule has 5 nitrogen and oxygen atoms in total. The second kappa shape index (κ2) is 8.39. The largest absolute Gasteiger partial charge is 0.334 e. The molecule has 1 aromatic heterocycles. The van der Waals surface area contributed by atoms with E-state index in [1.54, 1.807) is 6.07 Å². The second-order valence-corrected chi connectivity index (χ2v) is 5.89. The van der Waals surface area contributed by atoms with Crippen LogP contribution in [0.4, 0.5) is 14.9 Å². The predicted molar refractivity (Wildman–Crippen MR) is 97.8 cm³/mol. The van der Waals surface area contributed by atoms with Crippen LogP contribution < -0.4 is 10.2 Å². The molecule has 1 aromatic carbocycles. The number of carbonyl (C=O) groups is 1. The maximum atomic E-state index is 13.2. The first-order valence-electron chi connectivity index (χ1n) is 7.55. The molecule has 0 radical (unpaired) electrons. The van der Waals surface area contributed by atoms with E-state index in [4.69, 9.17) is 17.0 Å². The van der Waals surface area contributed by atoms with E-state index in [-0.39, 0.29) is 10.9 Å². The van der Waals surface area contributed by atoms with Crippen molar-refractivity contribution in [3.63, 3.8) is 0 Å². The van der Waals surface area contributed by atoms with Gasteiger partial charge in [-0.15, -0.1) is 0 Å². The van der Waals surface area contributed by atoms with Crippen LogP contribution in [0.3, 0.4) is 0 Å². The van der Waals surface area contributed by atoms with Crippen LogP contribution in [0.25, 0.3) is 0 Å². The molecule has 0 unspecified atom stereocenters. The summed E-state index contributed by atoms with van der Waals surface area (Å²) in [5.41, 5.74) is 1.76. The normalized spacial score (nSPS) is 10.1. The van der Waals surface area contributed by atoms with Crippen LogP contribution in [-0.2, 0) is 0 Å². The highest BCUT2D eigenvalue weighted by molar-refractivity contribution is 6.36. The van der Waals surface area contributed by atoms with Gasteiger partial charge in [0, 0.05) is 24.5 Å². The molecular weight excluding hydrogens is 343 g/mol. The van der Waals surface area contributed by atoms with E-state index in [9.17, 15) is 9.18 Å². The summed E-state index contributed by atoms with van der Waals surface area (Å²) in [6.45, 7) is 4.15. The van der Waals surface area contributed by atoms with Gasteiger partial charge in [0.2, 0.25) is 0 Å². The lowest BCUT2D eigenvalue weighted by atomic mass is 10.2. The van der Waals surface area contributed by atoms with E-state index in [0.29, 0.717) is 17.8 Å². The molecule has 0 saturated heterocycles. The zero-order chi connectivity index (χ0) is 18.4. The standard InChI is InChI=1S/C18H18ClFN4O/c1-12(2)7-10-23-18(25)24(14-5-3-13(20)4-6-14)17(21)15-8-9-22-11-16(15)19/h3-9,11,21H,10H2,1-2H3,(H,23,25). The molecular formula is C18H18ClFN4O. The number of rotatable bonds is 4. The monoisotopic (exact) mass is 360 g/mol. The van der Waals surface area contributed by atoms with Gasteiger partial charge in [0.1, 0.15) is 11.7 Å². The summed E-state index contributed by atoms with van der Waals surface area (Å²) in [4.78, 5) is 17.6. The number of halogens is 2. The molecule has 2 amide bonds. The zero-order valence-corrected chi connectivity index (χ0v) is 14.6. The Morgan fingerprint density at radius 3 is 2.60 bits per heavy atom. The van der Waals surface area contributed by atoms with Crippen molar-refractivity contribution in [3.05, 3.63) is 70.8 Å². The van der Waals surface area contributed by atoms with Crippen LogP contribution in [0.1, 0.15) is 19.4 Å². The number of nitrogens with zero attached hydrogens (tertiary/aromatic N) is 2. The SMILES string of the molecule is CC(C)=CCNC(=O)N(C(=N)c1ccncc1Cl)c1ccc(F)cc1. The Kier molecular flexibility index (Phi) is 6.25. The van der Waals surface area contributed by atoms with Crippen molar-refractivity contribution in [2.45, 2.75) is 13.8 Å². The summed E-state index contributed by atoms with van der Waals surface area (Å²) in [6.07, 6.45) is 4.73. The predicted octanol–water partition coefficient (Wildman–Crippen LogP) is 4.38. The molecule has 1 heterocycles. The van der Waals surface area contributed by atoms with Crippen molar-refractivity contribution in [3.8, 4) is 0 Å². The lowest BCUT2D eigenvalue weighted by Crippen LogP contribution is -2.44. The van der Waals surface area contributed by atoms with Crippen LogP contribution >= 0.6 is 11.6 Å². The quantitative estimate of drug-likeness (QED) is 0.482. The molecule has 0 saturated carbocycles. The number of anilines is 1. The molecule has 0 bridgehead atoms. The maximum Gasteiger partial charge on any atom is 0.327 e. The Morgan fingerprint density at radius 2 is 2.00 bits per heavy atom. The fraction of sp³-hybridized carbons (Fsp3) is 0.167. The molecule has 0 aliphatic rings. The van der Waals surface area contributed by atoms with Gasteiger partial charge in [0.05, 0.1) is 10.7 Å². The van der Waals surface area contributed by atoms with E-state index in [1.165, 1.54) is 36.7 Å². The summed E-state index contributed by atoms with van der Waals surface area (Å²) < 4.78 is 13.2. The maximum absolute atomic E-state index is 13.2. The Hall–Kier alpha value is -2.73. The first kappa shape index (κ1) is 18.6. The van der Waals surface area contributed by atoms with Gasteiger partial charge in [-0.1, -0.05) is 23.3 Å². The minimum Gasteiger partial charge on any atom is -0.334 e. The molecule has 0 fully saturated rings. The Morgan fingerprint density at radius 1 is 1.32 bits per heavy atom. The fourth-order valence-corrected chi connectivity index (χ4v) is 2.26. The van der Waals surface area contributed by atoms with Gasteiger partial charge < -0.3 is 5.32 Å². The Labute approximate surface area is 150 Å². The number of amides is 2. The molecule has 2 aromatic rings. The summed E-state index contributed by atoms with van der Waals surface area (Å²) in [5, 5.41) is 11.4. The van der Waals surface area contributed by atoms with Gasteiger partial charge in [-0.3, -0.25) is 10.4 Å². The number of nitrogens with one attached hydrogen (secondary N) is 2. The van der Waals surface area contributed by atoms with Gasteiger partial charge in [0.15, 0.2) is 0 Å². The molecule has 0 atom stereocenters. The van der Waals surface area contributed by atoms with Gasteiger partial charge in [-0.25, -0.2) is 14.1 Å². The topological polar surface area (TPSA) is 69.1 Å². The molecule has 0 spiro atoms. The van der Waals surface area contributed by atoms with Gasteiger partial charge >= 0.3 is 6.03 Å². The minimum absolute atomic E-state index is 0.131. The van der Waals surface area contributed by atoms with E-state index >= 15 is 0 Å². The molecule has 7 heteroatoms. The average Bonchev–Trinajstić information content (AvgIpc) is 2.57. The molecule has 25 heavy (non-hydrogen) atoms. The van der Waals surface area contributed by atoms with Gasteiger partial charge in [-0.2, -0.15) is 0 Å². The van der Waals surface area contributed by atoms with E-state index in [0.717, 1.165) is 10.5 Å². The highest BCUT2D eigenvalue weighted by Gasteiger charge is 2.23. The highest BCUT2D eigenvalue weighted by atomic mass is 35.5.